The van der Waals surface area contributed by atoms with E-state index in [1.807, 2.05) is 85.8 Å². The number of aliphatic hydroxyl groups is 1. The number of hydrogen-bond donors (Lipinski definition) is 1. The summed E-state index contributed by atoms with van der Waals surface area (Å²) in [4.78, 5) is 50.8. The molecule has 3 amide bonds. The van der Waals surface area contributed by atoms with E-state index in [-0.39, 0.29) is 30.9 Å². The van der Waals surface area contributed by atoms with E-state index in [1.165, 1.54) is 4.90 Å². The lowest BCUT2D eigenvalue weighted by molar-refractivity contribution is -0.147. The predicted molar refractivity (Wildman–Crippen MR) is 169 cm³/mol. The normalized spacial score (nSPS) is 28.5. The number of fused-ring (bicyclic) bond motifs is 2. The molecule has 0 saturated carbocycles. The second-order valence-electron chi connectivity index (χ2n) is 11.9. The number of carbonyl (C=O) groups is 3. The van der Waals surface area contributed by atoms with Crippen LogP contribution in [0.4, 0.5) is 11.4 Å². The number of ether oxygens (including phenoxy) is 1. The van der Waals surface area contributed by atoms with Crippen molar-refractivity contribution in [3.63, 3.8) is 0 Å². The van der Waals surface area contributed by atoms with Crippen LogP contribution in [0.3, 0.4) is 0 Å². The van der Waals surface area contributed by atoms with Crippen molar-refractivity contribution in [2.24, 2.45) is 11.8 Å². The van der Waals surface area contributed by atoms with Crippen LogP contribution in [0.5, 0.6) is 0 Å². The van der Waals surface area contributed by atoms with Gasteiger partial charge < -0.3 is 29.4 Å². The molecule has 2 fully saturated rings. The number of likely N-dealkylation sites (tertiary alicyclic amines) is 1. The zero-order valence-corrected chi connectivity index (χ0v) is 25.7. The number of nitrogens with zero attached hydrogens (tertiary/aromatic N) is 4. The third kappa shape index (κ3) is 4.73. The maximum absolute atomic E-state index is 14.8. The minimum atomic E-state index is -1.36. The van der Waals surface area contributed by atoms with Crippen molar-refractivity contribution in [1.82, 2.24) is 9.80 Å². The van der Waals surface area contributed by atoms with Crippen LogP contribution in [0.15, 0.2) is 78.9 Å². The van der Waals surface area contributed by atoms with Crippen molar-refractivity contribution in [3.05, 3.63) is 84.5 Å². The molecule has 1 spiro atoms. The second kappa shape index (κ2) is 12.2. The van der Waals surface area contributed by atoms with Gasteiger partial charge in [-0.2, -0.15) is 0 Å². The van der Waals surface area contributed by atoms with Crippen LogP contribution in [-0.2, 0) is 19.1 Å². The van der Waals surface area contributed by atoms with E-state index < -0.39 is 35.6 Å². The van der Waals surface area contributed by atoms with Crippen molar-refractivity contribution in [2.75, 3.05) is 49.1 Å². The van der Waals surface area contributed by atoms with Gasteiger partial charge in [-0.15, -0.1) is 0 Å². The molecular weight excluding hydrogens is 556 g/mol. The monoisotopic (exact) mass is 598 g/mol. The van der Waals surface area contributed by atoms with Gasteiger partial charge in [0.1, 0.15) is 11.6 Å². The summed E-state index contributed by atoms with van der Waals surface area (Å²) in [5.41, 5.74) is 1.12. The molecule has 6 rings (SSSR count). The molecule has 0 radical (unpaired) electrons. The molecule has 1 unspecified atom stereocenters. The number of benzene rings is 2. The topological polar surface area (TPSA) is 93.6 Å². The molecule has 44 heavy (non-hydrogen) atoms. The SMILES string of the molecule is CCCN1CC=C[C@H]2O[C@]34C=CCN(c5ccc(N(CC)CC)cc5)C(=O)C3N([C@H](CO)c3ccccc3)C(=O)[C@@H]4[C@H]2C1=O. The molecule has 1 N–H and O–H groups in total. The fraction of sp³-hybridized carbons (Fsp3) is 0.457. The van der Waals surface area contributed by atoms with E-state index in [0.717, 1.165) is 25.2 Å². The van der Waals surface area contributed by atoms with Gasteiger partial charge in [-0.1, -0.05) is 61.6 Å². The third-order valence-electron chi connectivity index (χ3n) is 9.66. The zero-order chi connectivity index (χ0) is 31.0. The van der Waals surface area contributed by atoms with E-state index in [2.05, 4.69) is 18.7 Å². The van der Waals surface area contributed by atoms with Crippen molar-refractivity contribution >= 4 is 29.1 Å². The molecule has 9 nitrogen and oxygen atoms in total. The first-order chi connectivity index (χ1) is 21.4. The van der Waals surface area contributed by atoms with Crippen LogP contribution in [-0.4, -0.2) is 89.7 Å². The summed E-state index contributed by atoms with van der Waals surface area (Å²) in [5, 5.41) is 10.8. The fourth-order valence-corrected chi connectivity index (χ4v) is 7.63. The van der Waals surface area contributed by atoms with Crippen LogP contribution in [0.2, 0.25) is 0 Å². The molecular formula is C35H42N4O5. The minimum Gasteiger partial charge on any atom is -0.394 e. The summed E-state index contributed by atoms with van der Waals surface area (Å²) < 4.78 is 6.78. The summed E-state index contributed by atoms with van der Waals surface area (Å²) >= 11 is 0. The first-order valence-electron chi connectivity index (χ1n) is 15.8. The lowest BCUT2D eigenvalue weighted by Gasteiger charge is -2.38. The number of hydrogen-bond acceptors (Lipinski definition) is 6. The average Bonchev–Trinajstić information content (AvgIpc) is 3.36. The molecule has 4 heterocycles. The maximum Gasteiger partial charge on any atom is 0.253 e. The maximum atomic E-state index is 14.8. The third-order valence-corrected chi connectivity index (χ3v) is 9.66. The van der Waals surface area contributed by atoms with E-state index in [9.17, 15) is 19.5 Å². The molecule has 6 atom stereocenters. The Morgan fingerprint density at radius 1 is 0.932 bits per heavy atom. The van der Waals surface area contributed by atoms with E-state index in [1.54, 1.807) is 9.80 Å². The molecule has 0 bridgehead atoms. The number of amides is 3. The molecule has 2 saturated heterocycles. The number of aliphatic hydroxyl groups excluding tert-OH is 1. The fourth-order valence-electron chi connectivity index (χ4n) is 7.63. The van der Waals surface area contributed by atoms with Gasteiger partial charge in [-0.3, -0.25) is 14.4 Å². The van der Waals surface area contributed by atoms with Gasteiger partial charge in [0.2, 0.25) is 11.8 Å². The molecule has 2 aromatic rings. The largest absolute Gasteiger partial charge is 0.394 e. The highest BCUT2D eigenvalue weighted by molar-refractivity contribution is 6.06. The summed E-state index contributed by atoms with van der Waals surface area (Å²) in [6, 6.07) is 15.3. The van der Waals surface area contributed by atoms with Gasteiger partial charge in [-0.25, -0.2) is 0 Å². The molecule has 0 aromatic heterocycles. The lowest BCUT2D eigenvalue weighted by Crippen LogP contribution is -2.56. The number of carbonyl (C=O) groups excluding carboxylic acids is 3. The Morgan fingerprint density at radius 3 is 2.32 bits per heavy atom. The number of anilines is 2. The van der Waals surface area contributed by atoms with Gasteiger partial charge in [-0.05, 0) is 50.1 Å². The Bertz CT molecular complexity index is 1440. The van der Waals surface area contributed by atoms with E-state index >= 15 is 0 Å². The highest BCUT2D eigenvalue weighted by Crippen LogP contribution is 2.55. The van der Waals surface area contributed by atoms with Crippen LogP contribution in [0.25, 0.3) is 0 Å². The van der Waals surface area contributed by atoms with E-state index in [4.69, 9.17) is 4.74 Å². The molecule has 4 aliphatic rings. The van der Waals surface area contributed by atoms with Crippen LogP contribution in [0, 0.1) is 11.8 Å². The summed E-state index contributed by atoms with van der Waals surface area (Å²) in [5.74, 6) is -2.45. The standard InChI is InChI=1S/C35H42N4O5/c1-4-20-37-21-10-14-28-29(32(37)41)30-33(42)39(27(23-40)24-12-8-7-9-13-24)31-34(43)38(22-11-19-35(30,31)44-28)26-17-15-25(16-18-26)36(5-2)6-3/h7-19,27-31,40H,4-6,20-23H2,1-3H3/t27-,28-,29+,30+,31?,35+/m1/s1. The molecule has 4 aliphatic heterocycles. The van der Waals surface area contributed by atoms with Gasteiger partial charge >= 0.3 is 0 Å². The van der Waals surface area contributed by atoms with Crippen molar-refractivity contribution in [1.29, 1.82) is 0 Å². The van der Waals surface area contributed by atoms with Gasteiger partial charge in [0.25, 0.3) is 5.91 Å². The van der Waals surface area contributed by atoms with E-state index in [0.29, 0.717) is 24.3 Å². The van der Waals surface area contributed by atoms with Crippen molar-refractivity contribution in [3.8, 4) is 0 Å². The molecule has 232 valence electrons. The van der Waals surface area contributed by atoms with Crippen molar-refractivity contribution in [2.45, 2.75) is 51.0 Å². The average molecular weight is 599 g/mol. The van der Waals surface area contributed by atoms with Gasteiger partial charge in [0, 0.05) is 44.1 Å². The first kappa shape index (κ1) is 30.1. The Kier molecular flexibility index (Phi) is 8.35. The van der Waals surface area contributed by atoms with Gasteiger partial charge in [0.15, 0.2) is 0 Å². The summed E-state index contributed by atoms with van der Waals surface area (Å²) in [7, 11) is 0. The first-order valence-corrected chi connectivity index (χ1v) is 15.8. The summed E-state index contributed by atoms with van der Waals surface area (Å²) in [6.07, 6.45) is 7.70. The van der Waals surface area contributed by atoms with Crippen LogP contribution >= 0.6 is 0 Å². The Hall–Kier alpha value is -3.95. The quantitative estimate of drug-likeness (QED) is 0.444. The molecule has 9 heteroatoms. The highest BCUT2D eigenvalue weighted by Gasteiger charge is 2.72. The van der Waals surface area contributed by atoms with Crippen LogP contribution in [0.1, 0.15) is 38.8 Å². The Morgan fingerprint density at radius 2 is 1.66 bits per heavy atom. The van der Waals surface area contributed by atoms with Crippen molar-refractivity contribution < 1.29 is 24.2 Å². The molecule has 2 aromatic carbocycles. The molecule has 0 aliphatic carbocycles. The summed E-state index contributed by atoms with van der Waals surface area (Å²) in [6.45, 7) is 8.91. The van der Waals surface area contributed by atoms with Crippen LogP contribution < -0.4 is 9.80 Å². The zero-order valence-electron chi connectivity index (χ0n) is 25.7. The highest BCUT2D eigenvalue weighted by atomic mass is 16.5. The Labute approximate surface area is 259 Å². The smallest absolute Gasteiger partial charge is 0.253 e. The predicted octanol–water partition coefficient (Wildman–Crippen LogP) is 3.56. The number of rotatable bonds is 9. The Balaban J connectivity index is 1.46. The minimum absolute atomic E-state index is 0.133. The lowest BCUT2D eigenvalue weighted by atomic mass is 9.77. The second-order valence-corrected chi connectivity index (χ2v) is 11.9. The van der Waals surface area contributed by atoms with Gasteiger partial charge in [0.05, 0.1) is 30.6 Å².